The molecule has 3 nitrogen and oxygen atoms in total. The van der Waals surface area contributed by atoms with Gasteiger partial charge in [-0.15, -0.1) is 0 Å². The Bertz CT molecular complexity index is 552. The van der Waals surface area contributed by atoms with Crippen LogP contribution in [-0.2, 0) is 13.0 Å². The number of nitrogens with two attached hydrogens (primary N) is 1. The SMILES string of the molecule is CCCn1c(CC2(N)CCC2)nc2ccccc21. The molecule has 0 aliphatic heterocycles. The van der Waals surface area contributed by atoms with Gasteiger partial charge in [-0.3, -0.25) is 0 Å². The summed E-state index contributed by atoms with van der Waals surface area (Å²) in [6.07, 6.45) is 5.60. The Hall–Kier alpha value is -1.35. The lowest BCUT2D eigenvalue weighted by Crippen LogP contribution is -2.48. The van der Waals surface area contributed by atoms with Gasteiger partial charge in [0, 0.05) is 18.5 Å². The summed E-state index contributed by atoms with van der Waals surface area (Å²) >= 11 is 0. The van der Waals surface area contributed by atoms with Crippen molar-refractivity contribution >= 4 is 11.0 Å². The molecule has 0 atom stereocenters. The molecule has 0 amide bonds. The molecule has 0 radical (unpaired) electrons. The summed E-state index contributed by atoms with van der Waals surface area (Å²) in [7, 11) is 0. The number of hydrogen-bond acceptors (Lipinski definition) is 2. The minimum absolute atomic E-state index is 0.00681. The highest BCUT2D eigenvalue weighted by Gasteiger charge is 2.34. The number of benzene rings is 1. The molecule has 0 unspecified atom stereocenters. The lowest BCUT2D eigenvalue weighted by Gasteiger charge is -2.37. The smallest absolute Gasteiger partial charge is 0.111 e. The predicted molar refractivity (Wildman–Crippen MR) is 74.5 cm³/mol. The summed E-state index contributed by atoms with van der Waals surface area (Å²) in [5.41, 5.74) is 8.72. The van der Waals surface area contributed by atoms with Crippen molar-refractivity contribution in [3.8, 4) is 0 Å². The standard InChI is InChI=1S/C15H21N3/c1-2-10-18-13-7-4-3-6-12(13)17-14(18)11-15(16)8-5-9-15/h3-4,6-7H,2,5,8-11,16H2,1H3. The average Bonchev–Trinajstić information content (AvgIpc) is 2.66. The molecular weight excluding hydrogens is 222 g/mol. The third-order valence-electron chi connectivity index (χ3n) is 4.04. The zero-order chi connectivity index (χ0) is 12.6. The molecule has 0 bridgehead atoms. The Morgan fingerprint density at radius 2 is 2.11 bits per heavy atom. The number of aryl methyl sites for hydroxylation is 1. The van der Waals surface area contributed by atoms with Crippen molar-refractivity contribution < 1.29 is 0 Å². The molecule has 1 fully saturated rings. The van der Waals surface area contributed by atoms with Gasteiger partial charge < -0.3 is 10.3 Å². The van der Waals surface area contributed by atoms with Gasteiger partial charge in [-0.2, -0.15) is 0 Å². The maximum Gasteiger partial charge on any atom is 0.111 e. The highest BCUT2D eigenvalue weighted by atomic mass is 15.1. The van der Waals surface area contributed by atoms with Crippen molar-refractivity contribution in [2.75, 3.05) is 0 Å². The molecule has 0 spiro atoms. The molecule has 0 saturated heterocycles. The van der Waals surface area contributed by atoms with Gasteiger partial charge in [-0.1, -0.05) is 19.1 Å². The van der Waals surface area contributed by atoms with Crippen molar-refractivity contribution in [2.24, 2.45) is 5.73 Å². The van der Waals surface area contributed by atoms with Gasteiger partial charge in [-0.05, 0) is 37.8 Å². The minimum atomic E-state index is 0.00681. The maximum atomic E-state index is 6.37. The van der Waals surface area contributed by atoms with E-state index in [1.54, 1.807) is 0 Å². The number of fused-ring (bicyclic) bond motifs is 1. The van der Waals surface area contributed by atoms with Gasteiger partial charge in [0.2, 0.25) is 0 Å². The predicted octanol–water partition coefficient (Wildman–Crippen LogP) is 2.87. The second kappa shape index (κ2) is 4.39. The lowest BCUT2D eigenvalue weighted by molar-refractivity contribution is 0.241. The van der Waals surface area contributed by atoms with E-state index in [4.69, 9.17) is 10.7 Å². The summed E-state index contributed by atoms with van der Waals surface area (Å²) in [6, 6.07) is 8.39. The average molecular weight is 243 g/mol. The van der Waals surface area contributed by atoms with Crippen LogP contribution in [0.1, 0.15) is 38.4 Å². The fourth-order valence-electron chi connectivity index (χ4n) is 2.86. The van der Waals surface area contributed by atoms with Gasteiger partial charge in [0.05, 0.1) is 11.0 Å². The quantitative estimate of drug-likeness (QED) is 0.897. The third kappa shape index (κ3) is 1.93. The number of para-hydroxylation sites is 2. The number of rotatable bonds is 4. The first kappa shape index (κ1) is 11.7. The molecule has 3 rings (SSSR count). The molecule has 1 aliphatic carbocycles. The molecule has 2 N–H and O–H groups in total. The van der Waals surface area contributed by atoms with E-state index in [0.29, 0.717) is 0 Å². The third-order valence-corrected chi connectivity index (χ3v) is 4.04. The fourth-order valence-corrected chi connectivity index (χ4v) is 2.86. The Morgan fingerprint density at radius 1 is 1.33 bits per heavy atom. The number of imidazole rings is 1. The number of aromatic nitrogens is 2. The summed E-state index contributed by atoms with van der Waals surface area (Å²) in [5, 5.41) is 0. The molecule has 1 aromatic carbocycles. The van der Waals surface area contributed by atoms with Crippen molar-refractivity contribution in [3.63, 3.8) is 0 Å². The summed E-state index contributed by atoms with van der Waals surface area (Å²) < 4.78 is 2.35. The second-order valence-corrected chi connectivity index (χ2v) is 5.56. The monoisotopic (exact) mass is 243 g/mol. The lowest BCUT2D eigenvalue weighted by atomic mass is 9.75. The Balaban J connectivity index is 2.01. The Morgan fingerprint density at radius 3 is 2.78 bits per heavy atom. The molecule has 1 aromatic heterocycles. The van der Waals surface area contributed by atoms with Crippen LogP contribution < -0.4 is 5.73 Å². The number of nitrogens with zero attached hydrogens (tertiary/aromatic N) is 2. The van der Waals surface area contributed by atoms with Gasteiger partial charge in [0.25, 0.3) is 0 Å². The Kier molecular flexibility index (Phi) is 2.86. The van der Waals surface area contributed by atoms with Crippen LogP contribution in [0.2, 0.25) is 0 Å². The van der Waals surface area contributed by atoms with E-state index >= 15 is 0 Å². The van der Waals surface area contributed by atoms with E-state index in [0.717, 1.165) is 37.7 Å². The number of hydrogen-bond donors (Lipinski definition) is 1. The first-order valence-corrected chi connectivity index (χ1v) is 6.95. The van der Waals surface area contributed by atoms with Crippen LogP contribution in [-0.4, -0.2) is 15.1 Å². The van der Waals surface area contributed by atoms with Crippen LogP contribution in [0.3, 0.4) is 0 Å². The Labute approximate surface area is 108 Å². The van der Waals surface area contributed by atoms with Gasteiger partial charge >= 0.3 is 0 Å². The van der Waals surface area contributed by atoms with Crippen LogP contribution in [0.4, 0.5) is 0 Å². The van der Waals surface area contributed by atoms with Crippen LogP contribution >= 0.6 is 0 Å². The zero-order valence-corrected chi connectivity index (χ0v) is 11.0. The van der Waals surface area contributed by atoms with Crippen LogP contribution in [0, 0.1) is 0 Å². The van der Waals surface area contributed by atoms with E-state index in [2.05, 4.69) is 35.8 Å². The van der Waals surface area contributed by atoms with Gasteiger partial charge in [0.15, 0.2) is 0 Å². The minimum Gasteiger partial charge on any atom is -0.328 e. The van der Waals surface area contributed by atoms with Crippen LogP contribution in [0.25, 0.3) is 11.0 Å². The van der Waals surface area contributed by atoms with Gasteiger partial charge in [0.1, 0.15) is 5.82 Å². The molecule has 96 valence electrons. The first-order chi connectivity index (χ1) is 8.72. The molecule has 1 saturated carbocycles. The first-order valence-electron chi connectivity index (χ1n) is 6.95. The van der Waals surface area contributed by atoms with Crippen molar-refractivity contribution in [1.82, 2.24) is 9.55 Å². The summed E-state index contributed by atoms with van der Waals surface area (Å²) in [5.74, 6) is 1.17. The van der Waals surface area contributed by atoms with E-state index < -0.39 is 0 Å². The van der Waals surface area contributed by atoms with E-state index in [9.17, 15) is 0 Å². The summed E-state index contributed by atoms with van der Waals surface area (Å²) in [6.45, 7) is 3.24. The van der Waals surface area contributed by atoms with E-state index in [-0.39, 0.29) is 5.54 Å². The molecule has 2 aromatic rings. The van der Waals surface area contributed by atoms with Crippen LogP contribution in [0.5, 0.6) is 0 Å². The van der Waals surface area contributed by atoms with E-state index in [1.807, 2.05) is 0 Å². The maximum absolute atomic E-state index is 6.37. The van der Waals surface area contributed by atoms with Crippen molar-refractivity contribution in [2.45, 2.75) is 51.1 Å². The van der Waals surface area contributed by atoms with Gasteiger partial charge in [-0.25, -0.2) is 4.98 Å². The topological polar surface area (TPSA) is 43.8 Å². The van der Waals surface area contributed by atoms with Crippen molar-refractivity contribution in [3.05, 3.63) is 30.1 Å². The molecule has 1 aliphatic rings. The van der Waals surface area contributed by atoms with Crippen LogP contribution in [0.15, 0.2) is 24.3 Å². The molecule has 1 heterocycles. The highest BCUT2D eigenvalue weighted by Crippen LogP contribution is 2.33. The largest absolute Gasteiger partial charge is 0.328 e. The molecular formula is C15H21N3. The normalized spacial score (nSPS) is 17.9. The fraction of sp³-hybridized carbons (Fsp3) is 0.533. The zero-order valence-electron chi connectivity index (χ0n) is 11.0. The summed E-state index contributed by atoms with van der Waals surface area (Å²) in [4.78, 5) is 4.78. The molecule has 3 heteroatoms. The molecule has 18 heavy (non-hydrogen) atoms. The van der Waals surface area contributed by atoms with Crippen molar-refractivity contribution in [1.29, 1.82) is 0 Å². The highest BCUT2D eigenvalue weighted by molar-refractivity contribution is 5.75. The van der Waals surface area contributed by atoms with E-state index in [1.165, 1.54) is 17.8 Å². The second-order valence-electron chi connectivity index (χ2n) is 5.56.